The molecule has 0 fully saturated rings. The number of nitrogens with one attached hydrogen (secondary N) is 1. The summed E-state index contributed by atoms with van der Waals surface area (Å²) in [4.78, 5) is 17.1. The molecule has 1 amide bonds. The average molecular weight is 415 g/mol. The Morgan fingerprint density at radius 1 is 0.900 bits per heavy atom. The topological polar surface area (TPSA) is 55.1 Å². The maximum Gasteiger partial charge on any atom is 0.257 e. The highest BCUT2D eigenvalue weighted by atomic mass is 32.2. The second-order valence-electron chi connectivity index (χ2n) is 6.88. The Hall–Kier alpha value is -3.31. The van der Waals surface area contributed by atoms with E-state index in [2.05, 4.69) is 10.3 Å². The Kier molecular flexibility index (Phi) is 6.30. The number of rotatable bonds is 7. The molecule has 0 saturated carbocycles. The number of carbonyl (C=O) groups is 1. The first-order valence-electron chi connectivity index (χ1n) is 9.79. The third-order valence-corrected chi connectivity index (χ3v) is 5.52. The number of hydrogen-bond acceptors (Lipinski definition) is 4. The van der Waals surface area contributed by atoms with Gasteiger partial charge in [0.1, 0.15) is 5.69 Å². The van der Waals surface area contributed by atoms with Crippen LogP contribution < -0.4 is 5.32 Å². The van der Waals surface area contributed by atoms with Crippen molar-refractivity contribution in [2.24, 2.45) is 0 Å². The van der Waals surface area contributed by atoms with Crippen molar-refractivity contribution in [2.45, 2.75) is 18.2 Å². The van der Waals surface area contributed by atoms with Crippen molar-refractivity contribution in [3.63, 3.8) is 0 Å². The molecule has 0 unspecified atom stereocenters. The highest BCUT2D eigenvalue weighted by Gasteiger charge is 2.18. The maximum atomic E-state index is 12.4. The molecule has 0 aliphatic carbocycles. The third kappa shape index (κ3) is 4.81. The maximum absolute atomic E-state index is 12.4. The lowest BCUT2D eigenvalue weighted by Gasteiger charge is -2.13. The van der Waals surface area contributed by atoms with E-state index in [0.717, 1.165) is 22.4 Å². The van der Waals surface area contributed by atoms with Gasteiger partial charge in [-0.2, -0.15) is 0 Å². The molecule has 1 N–H and O–H groups in total. The number of nitrogens with zero attached hydrogens (tertiary/aromatic N) is 1. The molecule has 3 aromatic carbocycles. The van der Waals surface area contributed by atoms with Crippen molar-refractivity contribution in [3.05, 3.63) is 96.6 Å². The number of oxazole rings is 1. The first-order valence-corrected chi connectivity index (χ1v) is 10.8. The molecule has 1 atom stereocenters. The predicted octanol–water partition coefficient (Wildman–Crippen LogP) is 5.98. The van der Waals surface area contributed by atoms with Gasteiger partial charge < -0.3 is 9.73 Å². The molecule has 30 heavy (non-hydrogen) atoms. The molecular weight excluding hydrogens is 392 g/mol. The van der Waals surface area contributed by atoms with E-state index >= 15 is 0 Å². The Balaban J connectivity index is 1.49. The van der Waals surface area contributed by atoms with E-state index in [0.29, 0.717) is 11.0 Å². The zero-order valence-corrected chi connectivity index (χ0v) is 17.4. The molecule has 0 aliphatic rings. The van der Waals surface area contributed by atoms with Gasteiger partial charge in [-0.1, -0.05) is 103 Å². The molecular formula is C25H22N2O2S. The molecule has 1 aromatic heterocycles. The minimum absolute atomic E-state index is 0.0522. The van der Waals surface area contributed by atoms with E-state index in [9.17, 15) is 4.79 Å². The number of amides is 1. The van der Waals surface area contributed by atoms with Gasteiger partial charge in [0.25, 0.3) is 5.22 Å². The van der Waals surface area contributed by atoms with Crippen LogP contribution in [0.15, 0.2) is 101 Å². The van der Waals surface area contributed by atoms with Crippen molar-refractivity contribution in [3.8, 4) is 22.6 Å². The van der Waals surface area contributed by atoms with Gasteiger partial charge >= 0.3 is 0 Å². The molecule has 0 aliphatic heterocycles. The van der Waals surface area contributed by atoms with Crippen LogP contribution in [-0.2, 0) is 4.79 Å². The van der Waals surface area contributed by atoms with Gasteiger partial charge in [0.15, 0.2) is 5.76 Å². The van der Waals surface area contributed by atoms with Gasteiger partial charge in [0, 0.05) is 11.1 Å². The summed E-state index contributed by atoms with van der Waals surface area (Å²) in [7, 11) is 0. The van der Waals surface area contributed by atoms with Gasteiger partial charge in [-0.3, -0.25) is 4.79 Å². The fourth-order valence-electron chi connectivity index (χ4n) is 3.17. The first-order chi connectivity index (χ1) is 14.7. The number of carbonyl (C=O) groups excluding carboxylic acids is 1. The average Bonchev–Trinajstić information content (AvgIpc) is 3.24. The van der Waals surface area contributed by atoms with Gasteiger partial charge in [-0.25, -0.2) is 4.98 Å². The molecule has 0 saturated heterocycles. The van der Waals surface area contributed by atoms with Crippen LogP contribution in [0.4, 0.5) is 0 Å². The lowest BCUT2D eigenvalue weighted by atomic mass is 10.1. The molecule has 4 nitrogen and oxygen atoms in total. The van der Waals surface area contributed by atoms with E-state index in [4.69, 9.17) is 4.42 Å². The van der Waals surface area contributed by atoms with E-state index < -0.39 is 0 Å². The van der Waals surface area contributed by atoms with Crippen LogP contribution >= 0.6 is 11.8 Å². The second kappa shape index (κ2) is 9.46. The van der Waals surface area contributed by atoms with Crippen molar-refractivity contribution in [2.75, 3.05) is 5.75 Å². The Morgan fingerprint density at radius 2 is 1.47 bits per heavy atom. The Labute approximate surface area is 180 Å². The zero-order chi connectivity index (χ0) is 20.8. The van der Waals surface area contributed by atoms with E-state index in [1.54, 1.807) is 0 Å². The molecule has 0 spiro atoms. The highest BCUT2D eigenvalue weighted by molar-refractivity contribution is 7.99. The Morgan fingerprint density at radius 3 is 2.10 bits per heavy atom. The smallest absolute Gasteiger partial charge is 0.257 e. The predicted molar refractivity (Wildman–Crippen MR) is 121 cm³/mol. The molecule has 5 heteroatoms. The van der Waals surface area contributed by atoms with Crippen LogP contribution in [-0.4, -0.2) is 16.6 Å². The monoisotopic (exact) mass is 414 g/mol. The van der Waals surface area contributed by atoms with E-state index in [1.807, 2.05) is 97.9 Å². The van der Waals surface area contributed by atoms with Crippen molar-refractivity contribution in [1.82, 2.24) is 10.3 Å². The summed E-state index contributed by atoms with van der Waals surface area (Å²) in [5, 5.41) is 3.50. The summed E-state index contributed by atoms with van der Waals surface area (Å²) in [6.45, 7) is 1.98. The van der Waals surface area contributed by atoms with Crippen LogP contribution in [0.3, 0.4) is 0 Å². The minimum Gasteiger partial charge on any atom is -0.431 e. The SMILES string of the molecule is C[C@H](NC(=O)CSc1nc(-c2ccccc2)c(-c2ccccc2)o1)c1ccccc1. The van der Waals surface area contributed by atoms with Gasteiger partial charge in [0.2, 0.25) is 5.91 Å². The number of aromatic nitrogens is 1. The van der Waals surface area contributed by atoms with Crippen LogP contribution in [0.25, 0.3) is 22.6 Å². The molecule has 150 valence electrons. The summed E-state index contributed by atoms with van der Waals surface area (Å²) in [5.74, 6) is 0.889. The minimum atomic E-state index is -0.0583. The number of thioether (sulfide) groups is 1. The second-order valence-corrected chi connectivity index (χ2v) is 7.80. The summed E-state index contributed by atoms with van der Waals surface area (Å²) in [6.07, 6.45) is 0. The summed E-state index contributed by atoms with van der Waals surface area (Å²) < 4.78 is 6.07. The molecule has 0 radical (unpaired) electrons. The fourth-order valence-corrected chi connectivity index (χ4v) is 3.81. The summed E-state index contributed by atoms with van der Waals surface area (Å²) >= 11 is 1.30. The van der Waals surface area contributed by atoms with E-state index in [1.165, 1.54) is 11.8 Å². The van der Waals surface area contributed by atoms with Crippen molar-refractivity contribution >= 4 is 17.7 Å². The quantitative estimate of drug-likeness (QED) is 0.378. The lowest BCUT2D eigenvalue weighted by molar-refractivity contribution is -0.119. The normalized spacial score (nSPS) is 11.8. The van der Waals surface area contributed by atoms with Gasteiger partial charge in [0.05, 0.1) is 11.8 Å². The third-order valence-electron chi connectivity index (χ3n) is 4.69. The molecule has 0 bridgehead atoms. The van der Waals surface area contributed by atoms with Gasteiger partial charge in [-0.15, -0.1) is 0 Å². The van der Waals surface area contributed by atoms with Crippen LogP contribution in [0.2, 0.25) is 0 Å². The first kappa shape index (κ1) is 20.0. The lowest BCUT2D eigenvalue weighted by Crippen LogP contribution is -2.28. The summed E-state index contributed by atoms with van der Waals surface area (Å²) in [5.41, 5.74) is 3.79. The fraction of sp³-hybridized carbons (Fsp3) is 0.120. The molecule has 4 rings (SSSR count). The number of hydrogen-bond donors (Lipinski definition) is 1. The molecule has 1 heterocycles. The zero-order valence-electron chi connectivity index (χ0n) is 16.6. The standard InChI is InChI=1S/C25H22N2O2S/c1-18(19-11-5-2-6-12-19)26-22(28)17-30-25-27-23(20-13-7-3-8-14-20)24(29-25)21-15-9-4-10-16-21/h2-16,18H,17H2,1H3,(H,26,28)/t18-/m0/s1. The number of benzene rings is 3. The molecule has 4 aromatic rings. The Bertz CT molecular complexity index is 1040. The largest absolute Gasteiger partial charge is 0.431 e. The van der Waals surface area contributed by atoms with Crippen LogP contribution in [0, 0.1) is 0 Å². The van der Waals surface area contributed by atoms with E-state index in [-0.39, 0.29) is 17.7 Å². The van der Waals surface area contributed by atoms with Gasteiger partial charge in [-0.05, 0) is 12.5 Å². The summed E-state index contributed by atoms with van der Waals surface area (Å²) in [6, 6.07) is 29.7. The van der Waals surface area contributed by atoms with Crippen LogP contribution in [0.1, 0.15) is 18.5 Å². The van der Waals surface area contributed by atoms with Crippen LogP contribution in [0.5, 0.6) is 0 Å². The highest BCUT2D eigenvalue weighted by Crippen LogP contribution is 2.35. The van der Waals surface area contributed by atoms with Crippen molar-refractivity contribution < 1.29 is 9.21 Å². The van der Waals surface area contributed by atoms with Crippen molar-refractivity contribution in [1.29, 1.82) is 0 Å².